The van der Waals surface area contributed by atoms with Gasteiger partial charge in [0.1, 0.15) is 5.69 Å². The topological polar surface area (TPSA) is 65.2 Å². The Morgan fingerprint density at radius 3 is 2.47 bits per heavy atom. The van der Waals surface area contributed by atoms with Crippen LogP contribution in [0.2, 0.25) is 0 Å². The number of carbonyl (C=O) groups is 2. The fraction of sp³-hybridized carbons (Fsp3) is 0.267. The molecule has 1 atom stereocenters. The third-order valence-electron chi connectivity index (χ3n) is 6.77. The van der Waals surface area contributed by atoms with Crippen molar-refractivity contribution in [3.8, 4) is 11.3 Å². The highest BCUT2D eigenvalue weighted by Crippen LogP contribution is 2.33. The number of thiophene rings is 1. The number of benzene rings is 2. The van der Waals surface area contributed by atoms with Gasteiger partial charge >= 0.3 is 0 Å². The summed E-state index contributed by atoms with van der Waals surface area (Å²) in [5.41, 5.74) is 4.04. The molecule has 6 heteroatoms. The average Bonchev–Trinajstić information content (AvgIpc) is 3.61. The first-order valence-electron chi connectivity index (χ1n) is 12.6. The van der Waals surface area contributed by atoms with Gasteiger partial charge in [-0.25, -0.2) is 0 Å². The van der Waals surface area contributed by atoms with Crippen LogP contribution in [0, 0.1) is 6.92 Å². The number of rotatable bonds is 7. The Balaban J connectivity index is 1.54. The molecule has 1 aliphatic carbocycles. The molecule has 2 N–H and O–H groups in total. The number of hydrogen-bond donors (Lipinski definition) is 2. The van der Waals surface area contributed by atoms with Crippen molar-refractivity contribution < 1.29 is 9.59 Å². The Morgan fingerprint density at radius 2 is 1.75 bits per heavy atom. The molecule has 0 saturated heterocycles. The van der Waals surface area contributed by atoms with E-state index >= 15 is 0 Å². The van der Waals surface area contributed by atoms with Crippen LogP contribution in [0.15, 0.2) is 84.2 Å². The van der Waals surface area contributed by atoms with Gasteiger partial charge in [-0.1, -0.05) is 67.8 Å². The summed E-state index contributed by atoms with van der Waals surface area (Å²) in [5, 5.41) is 5.23. The van der Waals surface area contributed by atoms with E-state index in [1.54, 1.807) is 11.0 Å². The Morgan fingerprint density at radius 1 is 0.944 bits per heavy atom. The predicted octanol–water partition coefficient (Wildman–Crippen LogP) is 6.89. The smallest absolute Gasteiger partial charge is 0.275 e. The van der Waals surface area contributed by atoms with Crippen LogP contribution < -0.4 is 10.2 Å². The van der Waals surface area contributed by atoms with E-state index in [1.807, 2.05) is 85.1 Å². The normalized spacial score (nSPS) is 14.8. The average molecular weight is 498 g/mol. The second kappa shape index (κ2) is 11.0. The van der Waals surface area contributed by atoms with Crippen LogP contribution in [0.4, 0.5) is 5.69 Å². The number of carbonyl (C=O) groups excluding carboxylic acids is 2. The number of amides is 2. The fourth-order valence-electron chi connectivity index (χ4n) is 4.94. The number of hydrogen-bond acceptors (Lipinski definition) is 3. The molecule has 5 rings (SSSR count). The number of nitrogens with one attached hydrogen (secondary N) is 2. The standard InChI is InChI=1S/C30H31N3O2S/c1-21-10-8-15-24(20-21)33(30(35)26-18-17-25(32-26)22-11-4-2-5-12-22)28(27-16-9-19-36-27)29(34)31-23-13-6-3-7-14-23/h2,4-5,8-12,15-20,23,28,32H,3,6-7,13-14H2,1H3,(H,31,34). The number of nitrogens with zero attached hydrogens (tertiary/aromatic N) is 1. The van der Waals surface area contributed by atoms with Gasteiger partial charge in [0, 0.05) is 22.3 Å². The van der Waals surface area contributed by atoms with E-state index in [2.05, 4.69) is 10.3 Å². The van der Waals surface area contributed by atoms with Crippen molar-refractivity contribution >= 4 is 28.8 Å². The molecular formula is C30H31N3O2S. The first-order valence-corrected chi connectivity index (χ1v) is 13.5. The molecule has 0 bridgehead atoms. The SMILES string of the molecule is Cc1cccc(N(C(=O)c2ccc(-c3ccccc3)[nH]2)C(C(=O)NC2CCCCC2)c2cccs2)c1. The zero-order valence-corrected chi connectivity index (χ0v) is 21.3. The Labute approximate surface area is 216 Å². The van der Waals surface area contributed by atoms with Gasteiger partial charge in [-0.05, 0) is 66.6 Å². The second-order valence-electron chi connectivity index (χ2n) is 9.43. The van der Waals surface area contributed by atoms with Gasteiger partial charge in [-0.2, -0.15) is 0 Å². The molecule has 184 valence electrons. The van der Waals surface area contributed by atoms with Crippen molar-refractivity contribution in [2.75, 3.05) is 4.90 Å². The van der Waals surface area contributed by atoms with Crippen LogP contribution in [0.5, 0.6) is 0 Å². The molecule has 1 saturated carbocycles. The lowest BCUT2D eigenvalue weighted by molar-refractivity contribution is -0.123. The maximum Gasteiger partial charge on any atom is 0.275 e. The van der Waals surface area contributed by atoms with Gasteiger partial charge in [-0.15, -0.1) is 11.3 Å². The van der Waals surface area contributed by atoms with Crippen molar-refractivity contribution in [3.05, 3.63) is 100 Å². The summed E-state index contributed by atoms with van der Waals surface area (Å²) in [7, 11) is 0. The van der Waals surface area contributed by atoms with Crippen LogP contribution in [-0.4, -0.2) is 22.8 Å². The fourth-order valence-corrected chi connectivity index (χ4v) is 5.76. The molecule has 0 aliphatic heterocycles. The largest absolute Gasteiger partial charge is 0.351 e. The lowest BCUT2D eigenvalue weighted by Gasteiger charge is -2.32. The highest BCUT2D eigenvalue weighted by molar-refractivity contribution is 7.10. The summed E-state index contributed by atoms with van der Waals surface area (Å²) in [6.45, 7) is 2.00. The summed E-state index contributed by atoms with van der Waals surface area (Å²) in [4.78, 5) is 33.8. The molecule has 0 spiro atoms. The van der Waals surface area contributed by atoms with Crippen molar-refractivity contribution in [2.24, 2.45) is 0 Å². The van der Waals surface area contributed by atoms with Crippen LogP contribution in [-0.2, 0) is 4.79 Å². The number of anilines is 1. The molecule has 4 aromatic rings. The van der Waals surface area contributed by atoms with Crippen molar-refractivity contribution in [1.82, 2.24) is 10.3 Å². The maximum atomic E-state index is 14.2. The molecule has 0 radical (unpaired) electrons. The zero-order chi connectivity index (χ0) is 24.9. The van der Waals surface area contributed by atoms with Crippen molar-refractivity contribution in [2.45, 2.75) is 51.1 Å². The van der Waals surface area contributed by atoms with Crippen molar-refractivity contribution in [1.29, 1.82) is 0 Å². The maximum absolute atomic E-state index is 14.2. The van der Waals surface area contributed by atoms with Gasteiger partial charge in [0.2, 0.25) is 5.91 Å². The molecule has 2 aromatic carbocycles. The van der Waals surface area contributed by atoms with E-state index in [0.717, 1.165) is 47.4 Å². The van der Waals surface area contributed by atoms with Crippen molar-refractivity contribution in [3.63, 3.8) is 0 Å². The van der Waals surface area contributed by atoms with Crippen LogP contribution in [0.1, 0.15) is 59.1 Å². The van der Waals surface area contributed by atoms with Crippen LogP contribution in [0.3, 0.4) is 0 Å². The minimum Gasteiger partial charge on any atom is -0.351 e. The van der Waals surface area contributed by atoms with E-state index < -0.39 is 6.04 Å². The summed E-state index contributed by atoms with van der Waals surface area (Å²) in [6, 6.07) is 24.7. The lowest BCUT2D eigenvalue weighted by Crippen LogP contribution is -2.47. The first-order chi connectivity index (χ1) is 17.6. The Hall–Kier alpha value is -3.64. The molecule has 1 fully saturated rings. The van der Waals surface area contributed by atoms with Gasteiger partial charge in [0.25, 0.3) is 5.91 Å². The highest BCUT2D eigenvalue weighted by Gasteiger charge is 2.35. The first kappa shape index (κ1) is 24.1. The number of aromatic amines is 1. The Kier molecular flexibility index (Phi) is 7.33. The lowest BCUT2D eigenvalue weighted by atomic mass is 9.95. The van der Waals surface area contributed by atoms with E-state index in [0.29, 0.717) is 11.4 Å². The molecule has 1 unspecified atom stereocenters. The quantitative estimate of drug-likeness (QED) is 0.292. The van der Waals surface area contributed by atoms with E-state index in [-0.39, 0.29) is 17.9 Å². The molecule has 2 aromatic heterocycles. The van der Waals surface area contributed by atoms with E-state index in [1.165, 1.54) is 17.8 Å². The summed E-state index contributed by atoms with van der Waals surface area (Å²) in [6.07, 6.45) is 5.43. The summed E-state index contributed by atoms with van der Waals surface area (Å²) >= 11 is 1.50. The molecule has 2 heterocycles. The van der Waals surface area contributed by atoms with Gasteiger partial charge < -0.3 is 10.3 Å². The van der Waals surface area contributed by atoms with Crippen LogP contribution in [0.25, 0.3) is 11.3 Å². The van der Waals surface area contributed by atoms with Gasteiger partial charge in [0.15, 0.2) is 6.04 Å². The summed E-state index contributed by atoms with van der Waals surface area (Å²) in [5.74, 6) is -0.367. The van der Waals surface area contributed by atoms with E-state index in [4.69, 9.17) is 0 Å². The minimum atomic E-state index is -0.760. The second-order valence-corrected chi connectivity index (χ2v) is 10.4. The van der Waals surface area contributed by atoms with E-state index in [9.17, 15) is 9.59 Å². The molecule has 36 heavy (non-hydrogen) atoms. The number of aryl methyl sites for hydroxylation is 1. The minimum absolute atomic E-state index is 0.131. The highest BCUT2D eigenvalue weighted by atomic mass is 32.1. The van der Waals surface area contributed by atoms with Gasteiger partial charge in [-0.3, -0.25) is 14.5 Å². The molecule has 5 nitrogen and oxygen atoms in total. The monoisotopic (exact) mass is 497 g/mol. The Bertz CT molecular complexity index is 1310. The van der Waals surface area contributed by atoms with Gasteiger partial charge in [0.05, 0.1) is 0 Å². The predicted molar refractivity (Wildman–Crippen MR) is 146 cm³/mol. The summed E-state index contributed by atoms with van der Waals surface area (Å²) < 4.78 is 0. The van der Waals surface area contributed by atoms with Crippen LogP contribution >= 0.6 is 11.3 Å². The number of H-pyrrole nitrogens is 1. The molecule has 2 amide bonds. The molecular weight excluding hydrogens is 466 g/mol. The third kappa shape index (κ3) is 5.29. The third-order valence-corrected chi connectivity index (χ3v) is 7.70. The zero-order valence-electron chi connectivity index (χ0n) is 20.4. The molecule has 1 aliphatic rings. The number of aromatic nitrogens is 1.